The monoisotopic (exact) mass is 283 g/mol. The lowest BCUT2D eigenvalue weighted by Crippen LogP contribution is -3.11. The highest BCUT2D eigenvalue weighted by Gasteiger charge is 2.36. The van der Waals surface area contributed by atoms with Gasteiger partial charge in [0.2, 0.25) is 11.8 Å². The number of rotatable bonds is 7. The van der Waals surface area contributed by atoms with Gasteiger partial charge < -0.3 is 4.90 Å². The zero-order valence-electron chi connectivity index (χ0n) is 12.3. The summed E-state index contributed by atoms with van der Waals surface area (Å²) < 4.78 is 0. The molecule has 0 unspecified atom stereocenters. The second kappa shape index (κ2) is 7.74. The normalized spacial score (nSPS) is 17.4. The predicted molar refractivity (Wildman–Crippen MR) is 74.7 cm³/mol. The molecule has 1 aliphatic rings. The fraction of sp³-hybridized carbons (Fsp3) is 0.692. The van der Waals surface area contributed by atoms with E-state index in [4.69, 9.17) is 0 Å². The number of carbonyl (C=O) groups excluding carboxylic acids is 3. The van der Waals surface area contributed by atoms with Gasteiger partial charge in [-0.2, -0.15) is 0 Å². The van der Waals surface area contributed by atoms with Crippen LogP contribution in [0.4, 0.5) is 4.79 Å². The summed E-state index contributed by atoms with van der Waals surface area (Å²) in [5, 5.41) is 4.15. The first-order valence-electron chi connectivity index (χ1n) is 6.99. The maximum atomic E-state index is 11.6. The van der Waals surface area contributed by atoms with E-state index in [0.29, 0.717) is 12.3 Å². The molecule has 0 aromatic carbocycles. The van der Waals surface area contributed by atoms with Crippen molar-refractivity contribution in [3.05, 3.63) is 0 Å². The maximum Gasteiger partial charge on any atom is 0.328 e. The molecule has 0 aliphatic carbocycles. The minimum atomic E-state index is -0.992. The van der Waals surface area contributed by atoms with Gasteiger partial charge in [-0.05, 0) is 20.8 Å². The highest BCUT2D eigenvalue weighted by molar-refractivity contribution is 6.27. The lowest BCUT2D eigenvalue weighted by molar-refractivity contribution is -0.896. The van der Waals surface area contributed by atoms with Crippen molar-refractivity contribution in [2.45, 2.75) is 27.2 Å². The Morgan fingerprint density at radius 2 is 1.70 bits per heavy atom. The molecular formula is C13H23N4O3+. The summed E-state index contributed by atoms with van der Waals surface area (Å²) in [6.45, 7) is 9.68. The van der Waals surface area contributed by atoms with Crippen molar-refractivity contribution in [1.82, 2.24) is 10.6 Å². The van der Waals surface area contributed by atoms with Crippen LogP contribution >= 0.6 is 0 Å². The highest BCUT2D eigenvalue weighted by Crippen LogP contribution is 2.05. The zero-order valence-corrected chi connectivity index (χ0v) is 12.3. The molecule has 4 amide bonds. The Balaban J connectivity index is 2.50. The van der Waals surface area contributed by atoms with E-state index < -0.39 is 23.8 Å². The van der Waals surface area contributed by atoms with Crippen LogP contribution < -0.4 is 15.5 Å². The van der Waals surface area contributed by atoms with Crippen LogP contribution in [0.25, 0.3) is 0 Å². The topological polar surface area (TPSA) is 92.1 Å². The number of carbonyl (C=O) groups is 3. The van der Waals surface area contributed by atoms with Gasteiger partial charge in [0.05, 0.1) is 19.6 Å². The second-order valence-corrected chi connectivity index (χ2v) is 4.82. The average molecular weight is 283 g/mol. The molecule has 1 fully saturated rings. The molecule has 20 heavy (non-hydrogen) atoms. The highest BCUT2D eigenvalue weighted by atomic mass is 16.2. The third-order valence-corrected chi connectivity index (χ3v) is 3.47. The molecule has 1 aliphatic heterocycles. The van der Waals surface area contributed by atoms with Crippen molar-refractivity contribution in [1.29, 1.82) is 0 Å². The van der Waals surface area contributed by atoms with Crippen molar-refractivity contribution in [2.75, 3.05) is 26.2 Å². The Kier molecular flexibility index (Phi) is 6.30. The summed E-state index contributed by atoms with van der Waals surface area (Å²) >= 11 is 0. The van der Waals surface area contributed by atoms with Crippen LogP contribution in [0.5, 0.6) is 0 Å². The van der Waals surface area contributed by atoms with Gasteiger partial charge in [0.1, 0.15) is 0 Å². The number of aliphatic imine (C=N–C) groups is 1. The molecule has 0 spiro atoms. The molecule has 1 saturated heterocycles. The van der Waals surface area contributed by atoms with Gasteiger partial charge >= 0.3 is 6.03 Å². The smallest absolute Gasteiger partial charge is 0.328 e. The molecular weight excluding hydrogens is 260 g/mol. The van der Waals surface area contributed by atoms with E-state index in [0.717, 1.165) is 26.1 Å². The van der Waals surface area contributed by atoms with Crippen molar-refractivity contribution in [2.24, 2.45) is 10.9 Å². The number of quaternary nitrogens is 1. The predicted octanol–water partition coefficient (Wildman–Crippen LogP) is -1.26. The number of hydrogen-bond donors (Lipinski definition) is 3. The average Bonchev–Trinajstić information content (AvgIpc) is 2.37. The van der Waals surface area contributed by atoms with Crippen LogP contribution in [0.2, 0.25) is 0 Å². The number of amides is 4. The summed E-state index contributed by atoms with van der Waals surface area (Å²) in [6.07, 6.45) is 0.906. The van der Waals surface area contributed by atoms with Gasteiger partial charge in [-0.25, -0.2) is 4.79 Å². The van der Waals surface area contributed by atoms with E-state index in [1.807, 2.05) is 0 Å². The third-order valence-electron chi connectivity index (χ3n) is 3.47. The molecule has 112 valence electrons. The van der Waals surface area contributed by atoms with Gasteiger partial charge in [0, 0.05) is 18.7 Å². The van der Waals surface area contributed by atoms with Crippen LogP contribution in [-0.4, -0.2) is 49.7 Å². The quantitative estimate of drug-likeness (QED) is 0.309. The molecule has 7 nitrogen and oxygen atoms in total. The summed E-state index contributed by atoms with van der Waals surface area (Å²) in [7, 11) is 0. The van der Waals surface area contributed by atoms with Gasteiger partial charge in [0.25, 0.3) is 0 Å². The van der Waals surface area contributed by atoms with Crippen molar-refractivity contribution < 1.29 is 19.3 Å². The summed E-state index contributed by atoms with van der Waals surface area (Å²) in [5.74, 6) is -2.20. The molecule has 1 rings (SSSR count). The number of barbiturate groups is 1. The molecule has 0 saturated carbocycles. The summed E-state index contributed by atoms with van der Waals surface area (Å²) in [4.78, 5) is 40.0. The Morgan fingerprint density at radius 1 is 1.15 bits per heavy atom. The number of imide groups is 2. The number of nitrogens with zero attached hydrogens (tertiary/aromatic N) is 1. The van der Waals surface area contributed by atoms with E-state index in [9.17, 15) is 14.4 Å². The van der Waals surface area contributed by atoms with E-state index in [1.54, 1.807) is 6.92 Å². The molecule has 1 heterocycles. The second-order valence-electron chi connectivity index (χ2n) is 4.82. The Hall–Kier alpha value is -1.76. The van der Waals surface area contributed by atoms with Crippen LogP contribution in [0.15, 0.2) is 4.99 Å². The minimum Gasteiger partial charge on any atom is -0.335 e. The molecule has 0 aromatic heterocycles. The molecule has 0 bridgehead atoms. The number of nitrogens with one attached hydrogen (secondary N) is 3. The van der Waals surface area contributed by atoms with Crippen molar-refractivity contribution in [3.8, 4) is 0 Å². The van der Waals surface area contributed by atoms with Crippen molar-refractivity contribution in [3.63, 3.8) is 0 Å². The third kappa shape index (κ3) is 4.41. The Bertz CT molecular complexity index is 396. The van der Waals surface area contributed by atoms with Crippen LogP contribution in [0.3, 0.4) is 0 Å². The molecule has 0 radical (unpaired) electrons. The van der Waals surface area contributed by atoms with Gasteiger partial charge in [-0.15, -0.1) is 0 Å². The number of urea groups is 1. The first-order valence-corrected chi connectivity index (χ1v) is 6.99. The van der Waals surface area contributed by atoms with Crippen LogP contribution in [0.1, 0.15) is 27.2 Å². The van der Waals surface area contributed by atoms with Gasteiger partial charge in [-0.3, -0.25) is 25.2 Å². The van der Waals surface area contributed by atoms with E-state index in [1.165, 1.54) is 4.90 Å². The van der Waals surface area contributed by atoms with Crippen LogP contribution in [0, 0.1) is 5.92 Å². The Morgan fingerprint density at radius 3 is 2.20 bits per heavy atom. The standard InChI is InChI=1S/C13H22N4O3/c1-4-17(5-2)8-6-7-14-9(3)10-11(18)15-13(20)16-12(10)19/h10H,4-8H2,1-3H3,(H2,15,16,18,19,20)/p+1. The van der Waals surface area contributed by atoms with Gasteiger partial charge in [-0.1, -0.05) is 0 Å². The first-order chi connectivity index (χ1) is 9.49. The molecule has 0 aromatic rings. The lowest BCUT2D eigenvalue weighted by Gasteiger charge is -2.20. The van der Waals surface area contributed by atoms with Crippen molar-refractivity contribution >= 4 is 23.6 Å². The minimum absolute atomic E-state index is 0.446. The summed E-state index contributed by atoms with van der Waals surface area (Å²) in [6, 6.07) is -0.769. The molecule has 0 atom stereocenters. The van der Waals surface area contributed by atoms with E-state index >= 15 is 0 Å². The SMILES string of the molecule is CC[NH+](CC)CCCN=C(C)C1C(=O)NC(=O)NC1=O. The molecule has 7 heteroatoms. The zero-order chi connectivity index (χ0) is 15.1. The fourth-order valence-corrected chi connectivity index (χ4v) is 2.18. The fourth-order valence-electron chi connectivity index (χ4n) is 2.18. The van der Waals surface area contributed by atoms with E-state index in [2.05, 4.69) is 29.5 Å². The van der Waals surface area contributed by atoms with Gasteiger partial charge in [0.15, 0.2) is 5.92 Å². The first kappa shape index (κ1) is 16.3. The van der Waals surface area contributed by atoms with E-state index in [-0.39, 0.29) is 0 Å². The maximum absolute atomic E-state index is 11.6. The number of hydrogen-bond acceptors (Lipinski definition) is 4. The lowest BCUT2D eigenvalue weighted by atomic mass is 10.0. The van der Waals surface area contributed by atoms with Crippen LogP contribution in [-0.2, 0) is 9.59 Å². The Labute approximate surface area is 118 Å². The largest absolute Gasteiger partial charge is 0.335 e. The molecule has 3 N–H and O–H groups in total. The summed E-state index contributed by atoms with van der Waals surface area (Å²) in [5.41, 5.74) is 0.446.